The van der Waals surface area contributed by atoms with Crippen LogP contribution in [0.2, 0.25) is 0 Å². The van der Waals surface area contributed by atoms with Crippen molar-refractivity contribution in [2.45, 2.75) is 39.5 Å². The third-order valence-corrected chi connectivity index (χ3v) is 4.88. The van der Waals surface area contributed by atoms with E-state index >= 15 is 0 Å². The van der Waals surface area contributed by atoms with E-state index in [2.05, 4.69) is 76.2 Å². The normalized spacial score (nSPS) is 13.8. The van der Waals surface area contributed by atoms with Gasteiger partial charge in [-0.3, -0.25) is 4.79 Å². The van der Waals surface area contributed by atoms with Gasteiger partial charge in [-0.1, -0.05) is 88.4 Å². The molecule has 0 atom stereocenters. The highest BCUT2D eigenvalue weighted by molar-refractivity contribution is 6.03. The van der Waals surface area contributed by atoms with Gasteiger partial charge in [0.25, 0.3) is 0 Å². The first-order valence-electron chi connectivity index (χ1n) is 9.30. The Morgan fingerprint density at radius 3 is 1.35 bits per heavy atom. The van der Waals surface area contributed by atoms with E-state index in [1.807, 2.05) is 12.2 Å². The smallest absolute Gasteiger partial charge is 0.178 e. The number of hydrogen-bond donors (Lipinski definition) is 0. The molecule has 0 radical (unpaired) electrons. The summed E-state index contributed by atoms with van der Waals surface area (Å²) in [6, 6.07) is 17.5. The summed E-state index contributed by atoms with van der Waals surface area (Å²) in [5.74, 6) is 1.06. The van der Waals surface area contributed by atoms with Crippen molar-refractivity contribution in [2.75, 3.05) is 0 Å². The van der Waals surface area contributed by atoms with E-state index in [1.54, 1.807) is 12.2 Å². The highest BCUT2D eigenvalue weighted by Gasteiger charge is 2.12. The van der Waals surface area contributed by atoms with Crippen LogP contribution in [0.4, 0.5) is 0 Å². The molecule has 26 heavy (non-hydrogen) atoms. The Morgan fingerprint density at radius 1 is 0.615 bits per heavy atom. The van der Waals surface area contributed by atoms with E-state index in [0.717, 1.165) is 11.1 Å². The summed E-state index contributed by atoms with van der Waals surface area (Å²) in [7, 11) is 0. The Balaban J connectivity index is 2.11. The van der Waals surface area contributed by atoms with Crippen molar-refractivity contribution in [3.05, 3.63) is 101 Å². The number of allylic oxidation sites excluding steroid dienone is 5. The first-order chi connectivity index (χ1) is 12.5. The number of hydrogen-bond acceptors (Lipinski definition) is 1. The second-order valence-corrected chi connectivity index (χ2v) is 7.45. The SMILES string of the molecule is CC(C)c1ccc(C(=C2C=CC(=O)C=C2)c2ccc(C(C)C)cc2)cc1. The van der Waals surface area contributed by atoms with Crippen molar-refractivity contribution >= 4 is 11.4 Å². The summed E-state index contributed by atoms with van der Waals surface area (Å²) in [6.07, 6.45) is 7.12. The first-order valence-corrected chi connectivity index (χ1v) is 9.30. The number of benzene rings is 2. The monoisotopic (exact) mass is 342 g/mol. The van der Waals surface area contributed by atoms with Crippen molar-refractivity contribution < 1.29 is 4.79 Å². The van der Waals surface area contributed by atoms with Crippen LogP contribution in [0.3, 0.4) is 0 Å². The molecule has 0 spiro atoms. The summed E-state index contributed by atoms with van der Waals surface area (Å²) in [5, 5.41) is 0. The minimum Gasteiger partial charge on any atom is -0.290 e. The number of rotatable bonds is 4. The number of carbonyl (C=O) groups excluding carboxylic acids is 1. The second-order valence-electron chi connectivity index (χ2n) is 7.45. The predicted molar refractivity (Wildman–Crippen MR) is 110 cm³/mol. The first kappa shape index (κ1) is 18.1. The Kier molecular flexibility index (Phi) is 5.37. The molecule has 0 aliphatic heterocycles. The van der Waals surface area contributed by atoms with Gasteiger partial charge >= 0.3 is 0 Å². The molecule has 0 N–H and O–H groups in total. The van der Waals surface area contributed by atoms with Gasteiger partial charge in [-0.15, -0.1) is 0 Å². The van der Waals surface area contributed by atoms with Crippen LogP contribution in [-0.2, 0) is 4.79 Å². The average molecular weight is 342 g/mol. The lowest BCUT2D eigenvalue weighted by molar-refractivity contribution is -0.110. The molecule has 132 valence electrons. The molecular formula is C25H26O. The number of carbonyl (C=O) groups is 1. The van der Waals surface area contributed by atoms with E-state index in [1.165, 1.54) is 22.3 Å². The molecule has 0 saturated carbocycles. The molecule has 1 nitrogen and oxygen atoms in total. The Hall–Kier alpha value is -2.67. The molecule has 2 aromatic rings. The van der Waals surface area contributed by atoms with Crippen molar-refractivity contribution in [2.24, 2.45) is 0 Å². The fourth-order valence-corrected chi connectivity index (χ4v) is 3.19. The van der Waals surface area contributed by atoms with E-state index in [-0.39, 0.29) is 5.78 Å². The molecule has 0 saturated heterocycles. The molecule has 0 fully saturated rings. The zero-order chi connectivity index (χ0) is 18.7. The minimum atomic E-state index is 0.0402. The maximum atomic E-state index is 11.5. The van der Waals surface area contributed by atoms with Crippen LogP contribution in [0.1, 0.15) is 61.8 Å². The molecular weight excluding hydrogens is 316 g/mol. The van der Waals surface area contributed by atoms with Crippen LogP contribution in [0.25, 0.3) is 5.57 Å². The molecule has 2 aromatic carbocycles. The summed E-state index contributed by atoms with van der Waals surface area (Å²) < 4.78 is 0. The van der Waals surface area contributed by atoms with Crippen LogP contribution < -0.4 is 0 Å². The van der Waals surface area contributed by atoms with Gasteiger partial charge in [-0.2, -0.15) is 0 Å². The Morgan fingerprint density at radius 2 is 1.00 bits per heavy atom. The lowest BCUT2D eigenvalue weighted by Gasteiger charge is -2.16. The largest absolute Gasteiger partial charge is 0.290 e. The van der Waals surface area contributed by atoms with E-state index in [9.17, 15) is 4.79 Å². The maximum Gasteiger partial charge on any atom is 0.178 e. The van der Waals surface area contributed by atoms with Gasteiger partial charge in [0.05, 0.1) is 0 Å². The summed E-state index contributed by atoms with van der Waals surface area (Å²) in [5.41, 5.74) is 7.24. The van der Waals surface area contributed by atoms with Crippen LogP contribution >= 0.6 is 0 Å². The van der Waals surface area contributed by atoms with Crippen molar-refractivity contribution in [3.8, 4) is 0 Å². The van der Waals surface area contributed by atoms with E-state index in [0.29, 0.717) is 11.8 Å². The highest BCUT2D eigenvalue weighted by Crippen LogP contribution is 2.31. The van der Waals surface area contributed by atoms with Gasteiger partial charge in [-0.05, 0) is 57.4 Å². The Bertz CT molecular complexity index is 801. The van der Waals surface area contributed by atoms with Crippen LogP contribution in [0, 0.1) is 0 Å². The molecule has 0 bridgehead atoms. The van der Waals surface area contributed by atoms with Crippen LogP contribution in [-0.4, -0.2) is 5.78 Å². The standard InChI is InChI=1S/C25H26O/c1-17(2)19-5-9-21(10-6-19)25(23-13-15-24(26)16-14-23)22-11-7-20(8-12-22)18(3)4/h5-18H,1-4H3. The van der Waals surface area contributed by atoms with Gasteiger partial charge in [0.2, 0.25) is 0 Å². The molecule has 0 aromatic heterocycles. The summed E-state index contributed by atoms with van der Waals surface area (Å²) in [6.45, 7) is 8.82. The minimum absolute atomic E-state index is 0.0402. The van der Waals surface area contributed by atoms with Crippen molar-refractivity contribution in [1.29, 1.82) is 0 Å². The molecule has 0 heterocycles. The average Bonchev–Trinajstić information content (AvgIpc) is 2.64. The molecule has 0 amide bonds. The highest BCUT2D eigenvalue weighted by atomic mass is 16.1. The fraction of sp³-hybridized carbons (Fsp3) is 0.240. The van der Waals surface area contributed by atoms with Gasteiger partial charge in [0.1, 0.15) is 0 Å². The number of ketones is 1. The quantitative estimate of drug-likeness (QED) is 0.625. The van der Waals surface area contributed by atoms with Crippen molar-refractivity contribution in [3.63, 3.8) is 0 Å². The van der Waals surface area contributed by atoms with Crippen LogP contribution in [0.5, 0.6) is 0 Å². The van der Waals surface area contributed by atoms with Crippen molar-refractivity contribution in [1.82, 2.24) is 0 Å². The lowest BCUT2D eigenvalue weighted by Crippen LogP contribution is -1.98. The van der Waals surface area contributed by atoms with E-state index < -0.39 is 0 Å². The maximum absolute atomic E-state index is 11.5. The van der Waals surface area contributed by atoms with Crippen LogP contribution in [0.15, 0.2) is 78.4 Å². The predicted octanol–water partition coefficient (Wildman–Crippen LogP) is 6.43. The zero-order valence-electron chi connectivity index (χ0n) is 16.0. The lowest BCUT2D eigenvalue weighted by atomic mass is 9.88. The topological polar surface area (TPSA) is 17.1 Å². The van der Waals surface area contributed by atoms with Gasteiger partial charge in [0, 0.05) is 0 Å². The molecule has 1 aliphatic rings. The fourth-order valence-electron chi connectivity index (χ4n) is 3.19. The molecule has 3 rings (SSSR count). The second kappa shape index (κ2) is 7.70. The van der Waals surface area contributed by atoms with Gasteiger partial charge in [-0.25, -0.2) is 0 Å². The third kappa shape index (κ3) is 3.94. The summed E-state index contributed by atoms with van der Waals surface area (Å²) >= 11 is 0. The third-order valence-electron chi connectivity index (χ3n) is 4.88. The Labute approximate surface area is 156 Å². The van der Waals surface area contributed by atoms with E-state index in [4.69, 9.17) is 0 Å². The molecule has 0 unspecified atom stereocenters. The van der Waals surface area contributed by atoms with Gasteiger partial charge in [0.15, 0.2) is 5.78 Å². The molecule has 1 aliphatic carbocycles. The zero-order valence-corrected chi connectivity index (χ0v) is 16.0. The molecule has 1 heteroatoms. The summed E-state index contributed by atoms with van der Waals surface area (Å²) in [4.78, 5) is 11.5. The van der Waals surface area contributed by atoms with Gasteiger partial charge < -0.3 is 0 Å².